The molecule has 0 spiro atoms. The second-order valence-corrected chi connectivity index (χ2v) is 7.65. The molecular weight excluding hydrogens is 278 g/mol. The lowest BCUT2D eigenvalue weighted by Gasteiger charge is -2.17. The van der Waals surface area contributed by atoms with Gasteiger partial charge in [-0.3, -0.25) is 0 Å². The average Bonchev–Trinajstić information content (AvgIpc) is 3.36. The van der Waals surface area contributed by atoms with Gasteiger partial charge in [0.25, 0.3) is 0 Å². The second-order valence-electron chi connectivity index (χ2n) is 6.57. The van der Waals surface area contributed by atoms with E-state index in [4.69, 9.17) is 0 Å². The van der Waals surface area contributed by atoms with Crippen LogP contribution in [0.5, 0.6) is 0 Å². The highest BCUT2D eigenvalue weighted by Gasteiger charge is 2.40. The molecule has 4 rings (SSSR count). The normalized spacial score (nSPS) is 18.8. The molecule has 1 aromatic carbocycles. The first-order valence-electron chi connectivity index (χ1n) is 8.12. The molecule has 2 aromatic rings. The van der Waals surface area contributed by atoms with Gasteiger partial charge in [-0.2, -0.15) is 0 Å². The fraction of sp³-hybridized carbons (Fsp3) is 0.588. The Morgan fingerprint density at radius 1 is 1.29 bits per heavy atom. The number of aromatic nitrogens is 2. The van der Waals surface area contributed by atoms with E-state index in [1.807, 2.05) is 11.8 Å². The summed E-state index contributed by atoms with van der Waals surface area (Å²) in [5.41, 5.74) is 3.50. The van der Waals surface area contributed by atoms with Gasteiger partial charge >= 0.3 is 0 Å². The highest BCUT2D eigenvalue weighted by atomic mass is 32.2. The molecule has 1 aromatic heterocycles. The molecule has 4 heteroatoms. The van der Waals surface area contributed by atoms with Crippen LogP contribution >= 0.6 is 11.8 Å². The molecule has 21 heavy (non-hydrogen) atoms. The third-order valence-corrected chi connectivity index (χ3v) is 5.47. The quantitative estimate of drug-likeness (QED) is 0.604. The monoisotopic (exact) mass is 301 g/mol. The van der Waals surface area contributed by atoms with Crippen LogP contribution in [0.2, 0.25) is 0 Å². The summed E-state index contributed by atoms with van der Waals surface area (Å²) in [6.07, 6.45) is 5.79. The Bertz CT molecular complexity index is 616. The Morgan fingerprint density at radius 2 is 2.05 bits per heavy atom. The topological polar surface area (TPSA) is 40.7 Å². The molecular formula is C17H23N3S. The van der Waals surface area contributed by atoms with Gasteiger partial charge < -0.3 is 10.3 Å². The van der Waals surface area contributed by atoms with Gasteiger partial charge in [-0.05, 0) is 62.1 Å². The number of benzene rings is 1. The van der Waals surface area contributed by atoms with Crippen molar-refractivity contribution < 1.29 is 0 Å². The Balaban J connectivity index is 1.29. The molecule has 0 radical (unpaired) electrons. The zero-order valence-corrected chi connectivity index (χ0v) is 13.4. The van der Waals surface area contributed by atoms with E-state index in [1.165, 1.54) is 31.2 Å². The van der Waals surface area contributed by atoms with Gasteiger partial charge in [0.05, 0.1) is 11.0 Å². The molecule has 2 aliphatic carbocycles. The third-order valence-electron chi connectivity index (χ3n) is 4.60. The average molecular weight is 301 g/mol. The first kappa shape index (κ1) is 13.6. The van der Waals surface area contributed by atoms with Gasteiger partial charge in [-0.1, -0.05) is 17.8 Å². The number of nitrogens with one attached hydrogen (secondary N) is 2. The van der Waals surface area contributed by atoms with E-state index in [1.54, 1.807) is 0 Å². The van der Waals surface area contributed by atoms with Crippen LogP contribution in [0.25, 0.3) is 11.0 Å². The standard InChI is InChI=1S/C17H23N3S/c1-11-2-7-14-15(10-11)20-17(19-14)21-9-8-18-16(12-3-4-12)13-5-6-13/h2,7,10,12-13,16,18H,3-6,8-9H2,1H3,(H,19,20). The molecule has 0 aliphatic heterocycles. The number of H-pyrrole nitrogens is 1. The van der Waals surface area contributed by atoms with Gasteiger partial charge in [0.2, 0.25) is 0 Å². The van der Waals surface area contributed by atoms with Gasteiger partial charge in [0.15, 0.2) is 5.16 Å². The van der Waals surface area contributed by atoms with E-state index in [0.29, 0.717) is 0 Å². The fourth-order valence-electron chi connectivity index (χ4n) is 3.17. The van der Waals surface area contributed by atoms with Crippen molar-refractivity contribution in [1.82, 2.24) is 15.3 Å². The first-order valence-corrected chi connectivity index (χ1v) is 9.11. The highest BCUT2D eigenvalue weighted by Crippen LogP contribution is 2.44. The Hall–Kier alpha value is -1.00. The van der Waals surface area contributed by atoms with Crippen molar-refractivity contribution in [2.45, 2.75) is 43.8 Å². The predicted molar refractivity (Wildman–Crippen MR) is 88.8 cm³/mol. The minimum atomic E-state index is 0.809. The maximum absolute atomic E-state index is 4.65. The lowest BCUT2D eigenvalue weighted by molar-refractivity contribution is 0.429. The fourth-order valence-corrected chi connectivity index (χ4v) is 3.93. The maximum Gasteiger partial charge on any atom is 0.166 e. The second kappa shape index (κ2) is 5.65. The summed E-state index contributed by atoms with van der Waals surface area (Å²) in [6.45, 7) is 3.21. The van der Waals surface area contributed by atoms with E-state index >= 15 is 0 Å². The number of thioether (sulfide) groups is 1. The van der Waals surface area contributed by atoms with E-state index in [-0.39, 0.29) is 0 Å². The summed E-state index contributed by atoms with van der Waals surface area (Å²) in [6, 6.07) is 7.19. The minimum Gasteiger partial charge on any atom is -0.333 e. The molecule has 2 fully saturated rings. The van der Waals surface area contributed by atoms with Crippen LogP contribution in [-0.4, -0.2) is 28.3 Å². The zero-order chi connectivity index (χ0) is 14.2. The van der Waals surface area contributed by atoms with E-state index in [2.05, 4.69) is 40.4 Å². The predicted octanol–water partition coefficient (Wildman–Crippen LogP) is 3.74. The maximum atomic E-state index is 4.65. The minimum absolute atomic E-state index is 0.809. The van der Waals surface area contributed by atoms with Crippen molar-refractivity contribution >= 4 is 22.8 Å². The lowest BCUT2D eigenvalue weighted by Crippen LogP contribution is -2.34. The van der Waals surface area contributed by atoms with Crippen LogP contribution in [0.15, 0.2) is 23.4 Å². The van der Waals surface area contributed by atoms with Gasteiger partial charge in [-0.15, -0.1) is 0 Å². The summed E-state index contributed by atoms with van der Waals surface area (Å²) >= 11 is 1.83. The summed E-state index contributed by atoms with van der Waals surface area (Å²) < 4.78 is 0. The smallest absolute Gasteiger partial charge is 0.166 e. The van der Waals surface area contributed by atoms with Crippen LogP contribution < -0.4 is 5.32 Å². The summed E-state index contributed by atoms with van der Waals surface area (Å²) in [5, 5.41) is 4.84. The van der Waals surface area contributed by atoms with E-state index in [0.717, 1.165) is 46.4 Å². The molecule has 112 valence electrons. The largest absolute Gasteiger partial charge is 0.333 e. The molecule has 3 nitrogen and oxygen atoms in total. The molecule has 0 atom stereocenters. The lowest BCUT2D eigenvalue weighted by atomic mass is 10.1. The number of imidazole rings is 1. The Labute approximate surface area is 130 Å². The summed E-state index contributed by atoms with van der Waals surface area (Å²) in [7, 11) is 0. The highest BCUT2D eigenvalue weighted by molar-refractivity contribution is 7.99. The van der Waals surface area contributed by atoms with E-state index < -0.39 is 0 Å². The van der Waals surface area contributed by atoms with Crippen molar-refractivity contribution in [2.24, 2.45) is 11.8 Å². The van der Waals surface area contributed by atoms with Crippen molar-refractivity contribution in [3.63, 3.8) is 0 Å². The number of aromatic amines is 1. The van der Waals surface area contributed by atoms with E-state index in [9.17, 15) is 0 Å². The molecule has 2 N–H and O–H groups in total. The first-order chi connectivity index (χ1) is 10.3. The number of fused-ring (bicyclic) bond motifs is 1. The van der Waals surface area contributed by atoms with Crippen molar-refractivity contribution in [2.75, 3.05) is 12.3 Å². The molecule has 0 unspecified atom stereocenters. The van der Waals surface area contributed by atoms with Crippen LogP contribution in [0, 0.1) is 18.8 Å². The van der Waals surface area contributed by atoms with Crippen LogP contribution in [0.4, 0.5) is 0 Å². The zero-order valence-electron chi connectivity index (χ0n) is 12.6. The molecule has 1 heterocycles. The van der Waals surface area contributed by atoms with Crippen LogP contribution in [0.3, 0.4) is 0 Å². The van der Waals surface area contributed by atoms with Crippen molar-refractivity contribution in [1.29, 1.82) is 0 Å². The SMILES string of the molecule is Cc1ccc2nc(SCCNC(C3CC3)C3CC3)[nH]c2c1. The number of hydrogen-bond acceptors (Lipinski definition) is 3. The van der Waals surface area contributed by atoms with Gasteiger partial charge in [-0.25, -0.2) is 4.98 Å². The molecule has 0 bridgehead atoms. The third kappa shape index (κ3) is 3.27. The number of aryl methyl sites for hydroxylation is 1. The van der Waals surface area contributed by atoms with Gasteiger partial charge in [0, 0.05) is 18.3 Å². The molecule has 0 saturated heterocycles. The summed E-state index contributed by atoms with van der Waals surface area (Å²) in [5.74, 6) is 3.06. The number of hydrogen-bond donors (Lipinski definition) is 2. The molecule has 0 amide bonds. The molecule has 2 saturated carbocycles. The van der Waals surface area contributed by atoms with Crippen LogP contribution in [-0.2, 0) is 0 Å². The summed E-state index contributed by atoms with van der Waals surface area (Å²) in [4.78, 5) is 8.06. The van der Waals surface area contributed by atoms with Gasteiger partial charge in [0.1, 0.15) is 0 Å². The van der Waals surface area contributed by atoms with Crippen molar-refractivity contribution in [3.8, 4) is 0 Å². The van der Waals surface area contributed by atoms with Crippen molar-refractivity contribution in [3.05, 3.63) is 23.8 Å². The molecule has 2 aliphatic rings. The van der Waals surface area contributed by atoms with Crippen LogP contribution in [0.1, 0.15) is 31.2 Å². The number of rotatable bonds is 7. The Kier molecular flexibility index (Phi) is 3.67. The number of nitrogens with zero attached hydrogens (tertiary/aromatic N) is 1. The Morgan fingerprint density at radius 3 is 2.76 bits per heavy atom.